The van der Waals surface area contributed by atoms with E-state index in [0.29, 0.717) is 28.4 Å². The molecule has 8 heteroatoms. The first-order valence-corrected chi connectivity index (χ1v) is 10.3. The highest BCUT2D eigenvalue weighted by atomic mass is 32.2. The molecule has 0 aliphatic carbocycles. The number of rotatable bonds is 4. The van der Waals surface area contributed by atoms with E-state index in [2.05, 4.69) is 5.32 Å². The molecule has 2 heterocycles. The molecule has 0 saturated carbocycles. The molecule has 31 heavy (non-hydrogen) atoms. The van der Waals surface area contributed by atoms with Gasteiger partial charge in [-0.05, 0) is 61.0 Å². The minimum absolute atomic E-state index is 0.0621. The number of fused-ring (bicyclic) bond motifs is 1. The molecule has 156 valence electrons. The average molecular weight is 434 g/mol. The molecule has 1 aromatic heterocycles. The number of hydrogen-bond donors (Lipinski definition) is 1. The second kappa shape index (κ2) is 8.23. The Morgan fingerprint density at radius 3 is 2.68 bits per heavy atom. The van der Waals surface area contributed by atoms with E-state index in [1.807, 2.05) is 32.0 Å². The highest BCUT2D eigenvalue weighted by Gasteiger charge is 2.36. The number of carbonyl (C=O) groups is 3. The number of hydrogen-bond acceptors (Lipinski definition) is 6. The standard InChI is InChI=1S/C23H18N2O5S/c1-13-7-8-14(2)17(9-13)24-20(26)12-25-21(27)19(31-23(25)29)11-16-10-15-5-3-4-6-18(15)30-22(16)28/h3-11H,12H2,1-2H3,(H,24,26)/b19-11+. The van der Waals surface area contributed by atoms with Crippen LogP contribution in [-0.4, -0.2) is 28.5 Å². The zero-order valence-electron chi connectivity index (χ0n) is 16.8. The summed E-state index contributed by atoms with van der Waals surface area (Å²) < 4.78 is 5.26. The van der Waals surface area contributed by atoms with E-state index >= 15 is 0 Å². The molecule has 1 fully saturated rings. The minimum atomic E-state index is -0.626. The molecule has 1 saturated heterocycles. The first-order chi connectivity index (χ1) is 14.8. The summed E-state index contributed by atoms with van der Waals surface area (Å²) in [6, 6.07) is 14.2. The number of amides is 3. The number of para-hydroxylation sites is 1. The zero-order valence-corrected chi connectivity index (χ0v) is 17.6. The normalized spacial score (nSPS) is 15.2. The van der Waals surface area contributed by atoms with Crippen molar-refractivity contribution in [2.45, 2.75) is 13.8 Å². The van der Waals surface area contributed by atoms with E-state index in [-0.39, 0.29) is 10.5 Å². The van der Waals surface area contributed by atoms with Crippen LogP contribution in [0, 0.1) is 13.8 Å². The van der Waals surface area contributed by atoms with Crippen LogP contribution >= 0.6 is 11.8 Å². The molecular weight excluding hydrogens is 416 g/mol. The Morgan fingerprint density at radius 2 is 1.87 bits per heavy atom. The van der Waals surface area contributed by atoms with Gasteiger partial charge >= 0.3 is 5.63 Å². The Hall–Kier alpha value is -3.65. The van der Waals surface area contributed by atoms with Crippen molar-refractivity contribution in [3.05, 3.63) is 80.5 Å². The summed E-state index contributed by atoms with van der Waals surface area (Å²) in [6.45, 7) is 3.34. The first kappa shape index (κ1) is 20.6. The molecule has 3 amide bonds. The fourth-order valence-electron chi connectivity index (χ4n) is 3.16. The van der Waals surface area contributed by atoms with Gasteiger partial charge in [-0.1, -0.05) is 30.3 Å². The lowest BCUT2D eigenvalue weighted by molar-refractivity contribution is -0.127. The van der Waals surface area contributed by atoms with E-state index in [4.69, 9.17) is 4.42 Å². The van der Waals surface area contributed by atoms with Crippen LogP contribution < -0.4 is 10.9 Å². The molecule has 0 bridgehead atoms. The Kier molecular flexibility index (Phi) is 5.48. The van der Waals surface area contributed by atoms with Crippen molar-refractivity contribution in [3.8, 4) is 0 Å². The molecule has 2 aromatic carbocycles. The Bertz CT molecular complexity index is 1330. The number of nitrogens with zero attached hydrogens (tertiary/aromatic N) is 1. The summed E-state index contributed by atoms with van der Waals surface area (Å²) in [5.41, 5.74) is 2.45. The van der Waals surface area contributed by atoms with E-state index < -0.39 is 29.2 Å². The number of carbonyl (C=O) groups excluding carboxylic acids is 3. The zero-order chi connectivity index (χ0) is 22.1. The lowest BCUT2D eigenvalue weighted by Gasteiger charge is -2.14. The van der Waals surface area contributed by atoms with Crippen LogP contribution in [0.2, 0.25) is 0 Å². The largest absolute Gasteiger partial charge is 0.422 e. The second-order valence-electron chi connectivity index (χ2n) is 7.16. The summed E-state index contributed by atoms with van der Waals surface area (Å²) >= 11 is 0.683. The topological polar surface area (TPSA) is 96.7 Å². The van der Waals surface area contributed by atoms with Gasteiger partial charge in [0.25, 0.3) is 11.1 Å². The SMILES string of the molecule is Cc1ccc(C)c(NC(=O)CN2C(=O)S/C(=C/c3cc4ccccc4oc3=O)C2=O)c1. The molecule has 1 N–H and O–H groups in total. The molecule has 1 aliphatic rings. The summed E-state index contributed by atoms with van der Waals surface area (Å²) in [5.74, 6) is -1.11. The summed E-state index contributed by atoms with van der Waals surface area (Å²) in [7, 11) is 0. The number of thioether (sulfide) groups is 1. The fourth-order valence-corrected chi connectivity index (χ4v) is 3.99. The molecule has 0 spiro atoms. The van der Waals surface area contributed by atoms with Crippen LogP contribution in [0.15, 0.2) is 62.6 Å². The monoisotopic (exact) mass is 434 g/mol. The molecule has 0 atom stereocenters. The van der Waals surface area contributed by atoms with E-state index in [0.717, 1.165) is 16.0 Å². The lowest BCUT2D eigenvalue weighted by Crippen LogP contribution is -2.36. The Balaban J connectivity index is 1.54. The van der Waals surface area contributed by atoms with Crippen LogP contribution in [0.5, 0.6) is 0 Å². The van der Waals surface area contributed by atoms with Gasteiger partial charge in [0.05, 0.1) is 10.5 Å². The number of nitrogens with one attached hydrogen (secondary N) is 1. The first-order valence-electron chi connectivity index (χ1n) is 9.47. The quantitative estimate of drug-likeness (QED) is 0.491. The third-order valence-corrected chi connectivity index (χ3v) is 5.70. The predicted octanol–water partition coefficient (Wildman–Crippen LogP) is 4.08. The van der Waals surface area contributed by atoms with Crippen molar-refractivity contribution in [1.82, 2.24) is 4.90 Å². The van der Waals surface area contributed by atoms with Crippen LogP contribution in [0.3, 0.4) is 0 Å². The Labute approximate surface area is 181 Å². The van der Waals surface area contributed by atoms with Crippen molar-refractivity contribution in [1.29, 1.82) is 0 Å². The number of benzene rings is 2. The fraction of sp³-hybridized carbons (Fsp3) is 0.130. The number of imide groups is 1. The lowest BCUT2D eigenvalue weighted by atomic mass is 10.1. The van der Waals surface area contributed by atoms with Crippen LogP contribution in [0.25, 0.3) is 17.0 Å². The third-order valence-electron chi connectivity index (χ3n) is 4.80. The average Bonchev–Trinajstić information content (AvgIpc) is 2.98. The Morgan fingerprint density at radius 1 is 1.10 bits per heavy atom. The maximum absolute atomic E-state index is 12.7. The highest BCUT2D eigenvalue weighted by molar-refractivity contribution is 8.18. The van der Waals surface area contributed by atoms with Gasteiger partial charge in [0, 0.05) is 11.1 Å². The third kappa shape index (κ3) is 4.29. The van der Waals surface area contributed by atoms with Crippen molar-refractivity contribution >= 4 is 51.5 Å². The number of anilines is 1. The predicted molar refractivity (Wildman–Crippen MR) is 120 cm³/mol. The van der Waals surface area contributed by atoms with E-state index in [1.165, 1.54) is 6.08 Å². The van der Waals surface area contributed by atoms with Crippen molar-refractivity contribution in [2.24, 2.45) is 0 Å². The van der Waals surface area contributed by atoms with Crippen LogP contribution in [0.4, 0.5) is 10.5 Å². The van der Waals surface area contributed by atoms with E-state index in [1.54, 1.807) is 30.3 Å². The maximum atomic E-state index is 12.7. The summed E-state index contributed by atoms with van der Waals surface area (Å²) in [4.78, 5) is 50.6. The molecule has 1 aliphatic heterocycles. The van der Waals surface area contributed by atoms with Gasteiger partial charge in [0.1, 0.15) is 12.1 Å². The van der Waals surface area contributed by atoms with Gasteiger partial charge in [-0.25, -0.2) is 4.79 Å². The molecule has 3 aromatic rings. The van der Waals surface area contributed by atoms with E-state index in [9.17, 15) is 19.2 Å². The van der Waals surface area contributed by atoms with Crippen LogP contribution in [-0.2, 0) is 9.59 Å². The summed E-state index contributed by atoms with van der Waals surface area (Å²) in [5, 5.41) is 2.86. The molecular formula is C23H18N2O5S. The van der Waals surface area contributed by atoms with Gasteiger partial charge in [-0.3, -0.25) is 19.3 Å². The second-order valence-corrected chi connectivity index (χ2v) is 8.15. The van der Waals surface area contributed by atoms with Crippen LogP contribution in [0.1, 0.15) is 16.7 Å². The molecule has 0 unspecified atom stereocenters. The summed E-state index contributed by atoms with van der Waals surface area (Å²) in [6.07, 6.45) is 1.33. The van der Waals surface area contributed by atoms with Gasteiger partial charge < -0.3 is 9.73 Å². The molecule has 4 rings (SSSR count). The van der Waals surface area contributed by atoms with Crippen molar-refractivity contribution in [3.63, 3.8) is 0 Å². The molecule has 0 radical (unpaired) electrons. The van der Waals surface area contributed by atoms with Gasteiger partial charge in [-0.2, -0.15) is 0 Å². The minimum Gasteiger partial charge on any atom is -0.422 e. The molecule has 7 nitrogen and oxygen atoms in total. The van der Waals surface area contributed by atoms with Gasteiger partial charge in [0.15, 0.2) is 0 Å². The van der Waals surface area contributed by atoms with Crippen molar-refractivity contribution in [2.75, 3.05) is 11.9 Å². The van der Waals surface area contributed by atoms with Gasteiger partial charge in [-0.15, -0.1) is 0 Å². The van der Waals surface area contributed by atoms with Crippen molar-refractivity contribution < 1.29 is 18.8 Å². The smallest absolute Gasteiger partial charge is 0.343 e. The highest BCUT2D eigenvalue weighted by Crippen LogP contribution is 2.32. The van der Waals surface area contributed by atoms with Gasteiger partial charge in [0.2, 0.25) is 5.91 Å². The maximum Gasteiger partial charge on any atom is 0.343 e. The number of aryl methyl sites for hydroxylation is 2.